The molecule has 2 rings (SSSR count). The molecule has 1 aromatic carbocycles. The first-order chi connectivity index (χ1) is 8.94. The Hall–Kier alpha value is -1.36. The van der Waals surface area contributed by atoms with E-state index in [-0.39, 0.29) is 4.90 Å². The van der Waals surface area contributed by atoms with Crippen LogP contribution < -0.4 is 4.72 Å². The lowest BCUT2D eigenvalue weighted by molar-refractivity contribution is 0.601. The predicted molar refractivity (Wildman–Crippen MR) is 78.7 cm³/mol. The molecule has 0 radical (unpaired) electrons. The van der Waals surface area contributed by atoms with Gasteiger partial charge in [0.2, 0.25) is 0 Å². The van der Waals surface area contributed by atoms with Gasteiger partial charge in [-0.05, 0) is 52.0 Å². The molecule has 1 aromatic heterocycles. The van der Waals surface area contributed by atoms with Crippen molar-refractivity contribution in [3.05, 3.63) is 45.2 Å². The number of halogens is 1. The van der Waals surface area contributed by atoms with Crippen molar-refractivity contribution in [1.82, 2.24) is 0 Å². The van der Waals surface area contributed by atoms with E-state index in [0.717, 1.165) is 5.56 Å². The molecule has 1 heterocycles. The van der Waals surface area contributed by atoms with E-state index in [0.29, 0.717) is 15.0 Å². The van der Waals surface area contributed by atoms with E-state index in [4.69, 9.17) is 5.26 Å². The summed E-state index contributed by atoms with van der Waals surface area (Å²) in [5.74, 6) is 0. The first-order valence-electron chi connectivity index (χ1n) is 5.20. The van der Waals surface area contributed by atoms with Gasteiger partial charge in [0.1, 0.15) is 16.0 Å². The number of sulfonamides is 1. The Morgan fingerprint density at radius 3 is 2.74 bits per heavy atom. The van der Waals surface area contributed by atoms with E-state index >= 15 is 0 Å². The van der Waals surface area contributed by atoms with Crippen LogP contribution in [0.5, 0.6) is 0 Å². The number of hydrogen-bond donors (Lipinski definition) is 1. The highest BCUT2D eigenvalue weighted by Gasteiger charge is 2.19. The Kier molecular flexibility index (Phi) is 3.94. The molecule has 19 heavy (non-hydrogen) atoms. The lowest BCUT2D eigenvalue weighted by Crippen LogP contribution is -2.13. The number of nitrogens with zero attached hydrogens (tertiary/aromatic N) is 1. The second kappa shape index (κ2) is 5.33. The summed E-state index contributed by atoms with van der Waals surface area (Å²) < 4.78 is 27.4. The summed E-state index contributed by atoms with van der Waals surface area (Å²) in [5.41, 5.74) is 1.27. The van der Waals surface area contributed by atoms with E-state index in [1.807, 2.05) is 13.0 Å². The van der Waals surface area contributed by atoms with Crippen LogP contribution in [-0.4, -0.2) is 8.42 Å². The van der Waals surface area contributed by atoms with Crippen LogP contribution in [-0.2, 0) is 10.0 Å². The zero-order chi connectivity index (χ0) is 14.0. The number of aryl methyl sites for hydroxylation is 1. The van der Waals surface area contributed by atoms with Crippen molar-refractivity contribution in [3.63, 3.8) is 0 Å². The lowest BCUT2D eigenvalue weighted by Gasteiger charge is -2.09. The molecule has 4 nitrogen and oxygen atoms in total. The second-order valence-electron chi connectivity index (χ2n) is 3.81. The Labute approximate surface area is 123 Å². The van der Waals surface area contributed by atoms with E-state index in [9.17, 15) is 8.42 Å². The van der Waals surface area contributed by atoms with Crippen LogP contribution in [0.15, 0.2) is 39.0 Å². The van der Waals surface area contributed by atoms with Gasteiger partial charge >= 0.3 is 0 Å². The summed E-state index contributed by atoms with van der Waals surface area (Å²) in [6.07, 6.45) is 0. The minimum atomic E-state index is -3.70. The predicted octanol–water partition coefficient (Wildman–Crippen LogP) is 3.49. The van der Waals surface area contributed by atoms with Gasteiger partial charge in [-0.1, -0.05) is 6.07 Å². The fourth-order valence-electron chi connectivity index (χ4n) is 1.48. The van der Waals surface area contributed by atoms with Crippen LogP contribution in [0.1, 0.15) is 11.1 Å². The number of thiophene rings is 1. The third-order valence-corrected chi connectivity index (χ3v) is 5.68. The Morgan fingerprint density at radius 1 is 1.37 bits per heavy atom. The van der Waals surface area contributed by atoms with Crippen LogP contribution in [0.4, 0.5) is 5.00 Å². The first kappa shape index (κ1) is 14.1. The first-order valence-corrected chi connectivity index (χ1v) is 8.36. The van der Waals surface area contributed by atoms with Gasteiger partial charge in [0, 0.05) is 4.47 Å². The molecule has 0 saturated heterocycles. The third kappa shape index (κ3) is 2.97. The molecule has 98 valence electrons. The van der Waals surface area contributed by atoms with Crippen molar-refractivity contribution >= 4 is 42.3 Å². The molecule has 1 N–H and O–H groups in total. The van der Waals surface area contributed by atoms with Crippen molar-refractivity contribution in [2.24, 2.45) is 0 Å². The molecular weight excluding hydrogens is 348 g/mol. The normalized spacial score (nSPS) is 11.0. The van der Waals surface area contributed by atoms with Gasteiger partial charge < -0.3 is 0 Å². The van der Waals surface area contributed by atoms with Gasteiger partial charge in [0.15, 0.2) is 0 Å². The molecule has 0 fully saturated rings. The minimum absolute atomic E-state index is 0.149. The van der Waals surface area contributed by atoms with Gasteiger partial charge in [0.25, 0.3) is 10.0 Å². The summed E-state index contributed by atoms with van der Waals surface area (Å²) in [5, 5.41) is 10.9. The second-order valence-corrected chi connectivity index (χ2v) is 7.24. The van der Waals surface area contributed by atoms with Gasteiger partial charge in [0.05, 0.1) is 5.56 Å². The summed E-state index contributed by atoms with van der Waals surface area (Å²) in [7, 11) is -3.70. The van der Waals surface area contributed by atoms with Crippen molar-refractivity contribution < 1.29 is 8.42 Å². The lowest BCUT2D eigenvalue weighted by atomic mass is 10.2. The molecule has 0 atom stereocenters. The fourth-order valence-corrected chi connectivity index (χ4v) is 4.74. The molecule has 0 unspecified atom stereocenters. The number of anilines is 1. The molecule has 0 saturated carbocycles. The van der Waals surface area contributed by atoms with Crippen molar-refractivity contribution in [2.75, 3.05) is 4.72 Å². The fraction of sp³-hybridized carbons (Fsp3) is 0.0833. The number of nitriles is 1. The van der Waals surface area contributed by atoms with Crippen LogP contribution in [0.25, 0.3) is 0 Å². The van der Waals surface area contributed by atoms with Gasteiger partial charge in [-0.2, -0.15) is 5.26 Å². The zero-order valence-corrected chi connectivity index (χ0v) is 13.1. The molecular formula is C12H9BrN2O2S2. The maximum atomic E-state index is 12.3. The maximum Gasteiger partial charge on any atom is 0.263 e. The van der Waals surface area contributed by atoms with Crippen molar-refractivity contribution in [2.45, 2.75) is 11.8 Å². The quantitative estimate of drug-likeness (QED) is 0.914. The summed E-state index contributed by atoms with van der Waals surface area (Å²) in [6, 6.07) is 8.50. The van der Waals surface area contributed by atoms with Gasteiger partial charge in [-0.3, -0.25) is 4.72 Å². The standard InChI is InChI=1S/C12H9BrN2O2S2/c1-8-2-3-11(10(13)6-8)19(16,17)15-12-9(7-14)4-5-18-12/h2-6,15H,1H3. The smallest absolute Gasteiger partial charge is 0.263 e. The van der Waals surface area contributed by atoms with Crippen LogP contribution in [0.2, 0.25) is 0 Å². The highest BCUT2D eigenvalue weighted by Crippen LogP contribution is 2.29. The van der Waals surface area contributed by atoms with E-state index in [1.165, 1.54) is 17.4 Å². The van der Waals surface area contributed by atoms with Crippen LogP contribution in [0, 0.1) is 18.3 Å². The summed E-state index contributed by atoms with van der Waals surface area (Å²) in [6.45, 7) is 1.88. The van der Waals surface area contributed by atoms with E-state index < -0.39 is 10.0 Å². The number of nitrogens with one attached hydrogen (secondary N) is 1. The van der Waals surface area contributed by atoms with Gasteiger partial charge in [-0.25, -0.2) is 8.42 Å². The molecule has 0 bridgehead atoms. The molecule has 7 heteroatoms. The largest absolute Gasteiger partial charge is 0.269 e. The molecule has 2 aromatic rings. The number of benzene rings is 1. The number of rotatable bonds is 3. The molecule has 0 spiro atoms. The molecule has 0 aliphatic carbocycles. The molecule has 0 aliphatic heterocycles. The molecule has 0 aliphatic rings. The Morgan fingerprint density at radius 2 is 2.11 bits per heavy atom. The average Bonchev–Trinajstić information content (AvgIpc) is 2.74. The third-order valence-electron chi connectivity index (χ3n) is 2.39. The topological polar surface area (TPSA) is 70.0 Å². The Bertz CT molecular complexity index is 760. The van der Waals surface area contributed by atoms with E-state index in [2.05, 4.69) is 20.7 Å². The monoisotopic (exact) mass is 356 g/mol. The summed E-state index contributed by atoms with van der Waals surface area (Å²) in [4.78, 5) is 0.149. The highest BCUT2D eigenvalue weighted by atomic mass is 79.9. The van der Waals surface area contributed by atoms with Gasteiger partial charge in [-0.15, -0.1) is 11.3 Å². The average molecular weight is 357 g/mol. The number of hydrogen-bond acceptors (Lipinski definition) is 4. The maximum absolute atomic E-state index is 12.3. The highest BCUT2D eigenvalue weighted by molar-refractivity contribution is 9.10. The van der Waals surface area contributed by atoms with Crippen LogP contribution >= 0.6 is 27.3 Å². The zero-order valence-electron chi connectivity index (χ0n) is 9.84. The Balaban J connectivity index is 2.41. The van der Waals surface area contributed by atoms with Crippen molar-refractivity contribution in [3.8, 4) is 6.07 Å². The van der Waals surface area contributed by atoms with Crippen molar-refractivity contribution in [1.29, 1.82) is 5.26 Å². The molecule has 0 amide bonds. The SMILES string of the molecule is Cc1ccc(S(=O)(=O)Nc2sccc2C#N)c(Br)c1. The minimum Gasteiger partial charge on any atom is -0.269 e. The summed E-state index contributed by atoms with van der Waals surface area (Å²) >= 11 is 4.42. The van der Waals surface area contributed by atoms with Crippen LogP contribution in [0.3, 0.4) is 0 Å². The van der Waals surface area contributed by atoms with E-state index in [1.54, 1.807) is 23.6 Å².